The fourth-order valence-corrected chi connectivity index (χ4v) is 2.62. The molecule has 1 heterocycles. The van der Waals surface area contributed by atoms with Gasteiger partial charge in [0.05, 0.1) is 12.2 Å². The van der Waals surface area contributed by atoms with E-state index < -0.39 is 0 Å². The summed E-state index contributed by atoms with van der Waals surface area (Å²) < 4.78 is 5.49. The van der Waals surface area contributed by atoms with Crippen molar-refractivity contribution in [3.63, 3.8) is 0 Å². The number of benzene rings is 1. The maximum atomic E-state index is 9.31. The minimum absolute atomic E-state index is 0.595. The van der Waals surface area contributed by atoms with E-state index in [9.17, 15) is 5.26 Å². The molecule has 0 amide bonds. The number of nitriles is 1. The fourth-order valence-electron chi connectivity index (χ4n) is 2.62. The zero-order valence-electron chi connectivity index (χ0n) is 12.0. The zero-order chi connectivity index (χ0) is 14.7. The molecule has 0 saturated carbocycles. The third-order valence-corrected chi connectivity index (χ3v) is 3.58. The summed E-state index contributed by atoms with van der Waals surface area (Å²) in [7, 11) is 0. The van der Waals surface area contributed by atoms with Gasteiger partial charge in [0.25, 0.3) is 0 Å². The second-order valence-corrected chi connectivity index (χ2v) is 5.04. The maximum absolute atomic E-state index is 9.31. The summed E-state index contributed by atoms with van der Waals surface area (Å²) in [6.45, 7) is 2.58. The number of rotatable bonds is 4. The zero-order valence-corrected chi connectivity index (χ0v) is 12.0. The molecule has 0 unspecified atom stereocenters. The molecule has 0 bridgehead atoms. The van der Waals surface area contributed by atoms with Gasteiger partial charge < -0.3 is 10.1 Å². The Morgan fingerprint density at radius 3 is 3.05 bits per heavy atom. The van der Waals surface area contributed by atoms with Gasteiger partial charge in [0, 0.05) is 17.4 Å². The summed E-state index contributed by atoms with van der Waals surface area (Å²) >= 11 is 0. The molecule has 0 atom stereocenters. The van der Waals surface area contributed by atoms with Crippen molar-refractivity contribution in [3.05, 3.63) is 47.2 Å². The summed E-state index contributed by atoms with van der Waals surface area (Å²) in [6.07, 6.45) is 3.14. The molecule has 0 radical (unpaired) electrons. The lowest BCUT2D eigenvalue weighted by atomic mass is 10.1. The van der Waals surface area contributed by atoms with Gasteiger partial charge in [0.1, 0.15) is 17.6 Å². The molecule has 1 aliphatic carbocycles. The number of hydrogen-bond acceptors (Lipinski definition) is 4. The van der Waals surface area contributed by atoms with Crippen LogP contribution in [0.4, 0.5) is 11.5 Å². The number of fused-ring (bicyclic) bond motifs is 1. The quantitative estimate of drug-likeness (QED) is 0.929. The van der Waals surface area contributed by atoms with Gasteiger partial charge in [-0.1, -0.05) is 6.07 Å². The van der Waals surface area contributed by atoms with Crippen LogP contribution in [-0.2, 0) is 12.8 Å². The third kappa shape index (κ3) is 2.82. The normalized spacial score (nSPS) is 12.6. The number of nitrogens with one attached hydrogen (secondary N) is 1. The molecule has 21 heavy (non-hydrogen) atoms. The molecule has 2 aromatic rings. The smallest absolute Gasteiger partial charge is 0.148 e. The Morgan fingerprint density at radius 1 is 1.33 bits per heavy atom. The van der Waals surface area contributed by atoms with Crippen LogP contribution in [0, 0.1) is 11.3 Å². The summed E-state index contributed by atoms with van der Waals surface area (Å²) in [6, 6.07) is 11.9. The summed E-state index contributed by atoms with van der Waals surface area (Å²) in [5.74, 6) is 1.44. The number of ether oxygens (including phenoxy) is 1. The van der Waals surface area contributed by atoms with Crippen LogP contribution in [0.5, 0.6) is 5.75 Å². The van der Waals surface area contributed by atoms with Crippen LogP contribution in [-0.4, -0.2) is 11.6 Å². The van der Waals surface area contributed by atoms with Crippen LogP contribution in [0.1, 0.15) is 30.2 Å². The number of aryl methyl sites for hydroxylation is 2. The van der Waals surface area contributed by atoms with Crippen molar-refractivity contribution >= 4 is 11.5 Å². The molecular weight excluding hydrogens is 262 g/mol. The van der Waals surface area contributed by atoms with Gasteiger partial charge >= 0.3 is 0 Å². The average Bonchev–Trinajstić information content (AvgIpc) is 2.94. The Balaban J connectivity index is 1.91. The molecule has 106 valence electrons. The molecule has 1 aromatic carbocycles. The highest BCUT2D eigenvalue weighted by atomic mass is 16.5. The Kier molecular flexibility index (Phi) is 3.74. The first kappa shape index (κ1) is 13.4. The van der Waals surface area contributed by atoms with Crippen LogP contribution in [0.15, 0.2) is 30.3 Å². The molecule has 0 fully saturated rings. The molecule has 0 saturated heterocycles. The van der Waals surface area contributed by atoms with Gasteiger partial charge in [0.2, 0.25) is 0 Å². The lowest BCUT2D eigenvalue weighted by Crippen LogP contribution is -2.01. The maximum Gasteiger partial charge on any atom is 0.148 e. The van der Waals surface area contributed by atoms with E-state index in [1.807, 2.05) is 37.3 Å². The monoisotopic (exact) mass is 279 g/mol. The number of hydrogen-bond donors (Lipinski definition) is 1. The van der Waals surface area contributed by atoms with E-state index in [0.717, 1.165) is 36.4 Å². The van der Waals surface area contributed by atoms with Gasteiger partial charge in [-0.3, -0.25) is 0 Å². The predicted molar refractivity (Wildman–Crippen MR) is 81.9 cm³/mol. The largest absolute Gasteiger partial charge is 0.494 e. The van der Waals surface area contributed by atoms with Gasteiger partial charge in [-0.15, -0.1) is 0 Å². The molecule has 0 aliphatic heterocycles. The molecule has 3 rings (SSSR count). The van der Waals surface area contributed by atoms with Crippen molar-refractivity contribution in [2.24, 2.45) is 0 Å². The number of pyridine rings is 1. The Labute approximate surface area is 124 Å². The average molecular weight is 279 g/mol. The van der Waals surface area contributed by atoms with Crippen molar-refractivity contribution in [2.75, 3.05) is 11.9 Å². The Morgan fingerprint density at radius 2 is 2.24 bits per heavy atom. The minimum atomic E-state index is 0.595. The highest BCUT2D eigenvalue weighted by Gasteiger charge is 2.16. The van der Waals surface area contributed by atoms with Gasteiger partial charge in [-0.2, -0.15) is 5.26 Å². The van der Waals surface area contributed by atoms with Crippen LogP contribution < -0.4 is 10.1 Å². The summed E-state index contributed by atoms with van der Waals surface area (Å²) in [5, 5.41) is 12.6. The van der Waals surface area contributed by atoms with Crippen molar-refractivity contribution < 1.29 is 4.74 Å². The standard InChI is InChI=1S/C17H17N3O/c1-2-21-15-7-4-6-14(10-15)19-17-13(11-18)9-12-5-3-8-16(12)20-17/h4,6-7,9-10H,2-3,5,8H2,1H3,(H,19,20). The molecule has 0 spiro atoms. The first-order valence-corrected chi connectivity index (χ1v) is 7.23. The second kappa shape index (κ2) is 5.84. The lowest BCUT2D eigenvalue weighted by Gasteiger charge is -2.11. The third-order valence-electron chi connectivity index (χ3n) is 3.58. The SMILES string of the molecule is CCOc1cccc(Nc2nc3c(cc2C#N)CCC3)c1. The molecule has 1 aromatic heterocycles. The fraction of sp³-hybridized carbons (Fsp3) is 0.294. The molecular formula is C17H17N3O. The summed E-state index contributed by atoms with van der Waals surface area (Å²) in [5.41, 5.74) is 3.79. The number of nitrogens with zero attached hydrogens (tertiary/aromatic N) is 2. The highest BCUT2D eigenvalue weighted by Crippen LogP contribution is 2.27. The van der Waals surface area contributed by atoms with E-state index in [1.54, 1.807) is 0 Å². The molecule has 1 aliphatic rings. The Hall–Kier alpha value is -2.54. The van der Waals surface area contributed by atoms with Gasteiger partial charge in [0.15, 0.2) is 0 Å². The van der Waals surface area contributed by atoms with Crippen molar-refractivity contribution in [2.45, 2.75) is 26.2 Å². The first-order valence-electron chi connectivity index (χ1n) is 7.23. The molecule has 4 nitrogen and oxygen atoms in total. The van der Waals surface area contributed by atoms with Crippen LogP contribution in [0.3, 0.4) is 0 Å². The lowest BCUT2D eigenvalue weighted by molar-refractivity contribution is 0.340. The number of anilines is 2. The first-order chi connectivity index (χ1) is 10.3. The van der Waals surface area contributed by atoms with E-state index >= 15 is 0 Å². The highest BCUT2D eigenvalue weighted by molar-refractivity contribution is 5.65. The van der Waals surface area contributed by atoms with E-state index in [2.05, 4.69) is 16.4 Å². The van der Waals surface area contributed by atoms with Gasteiger partial charge in [-0.25, -0.2) is 4.98 Å². The summed E-state index contributed by atoms with van der Waals surface area (Å²) in [4.78, 5) is 4.62. The van der Waals surface area contributed by atoms with Crippen molar-refractivity contribution in [1.29, 1.82) is 5.26 Å². The van der Waals surface area contributed by atoms with Crippen LogP contribution >= 0.6 is 0 Å². The van der Waals surface area contributed by atoms with Crippen molar-refractivity contribution in [1.82, 2.24) is 4.98 Å². The van der Waals surface area contributed by atoms with E-state index in [-0.39, 0.29) is 0 Å². The van der Waals surface area contributed by atoms with Crippen molar-refractivity contribution in [3.8, 4) is 11.8 Å². The van der Waals surface area contributed by atoms with E-state index in [4.69, 9.17) is 4.74 Å². The molecule has 4 heteroatoms. The Bertz CT molecular complexity index is 704. The topological polar surface area (TPSA) is 57.9 Å². The predicted octanol–water partition coefficient (Wildman–Crippen LogP) is 3.58. The number of aromatic nitrogens is 1. The van der Waals surface area contributed by atoms with Crippen LogP contribution in [0.25, 0.3) is 0 Å². The molecule has 1 N–H and O–H groups in total. The van der Waals surface area contributed by atoms with Crippen LogP contribution in [0.2, 0.25) is 0 Å². The second-order valence-electron chi connectivity index (χ2n) is 5.04. The van der Waals surface area contributed by atoms with E-state index in [1.165, 1.54) is 5.56 Å². The van der Waals surface area contributed by atoms with E-state index in [0.29, 0.717) is 18.0 Å². The minimum Gasteiger partial charge on any atom is -0.494 e. The van der Waals surface area contributed by atoms with Gasteiger partial charge in [-0.05, 0) is 49.9 Å².